The molecule has 0 N–H and O–H groups in total. The Labute approximate surface area is 129 Å². The van der Waals surface area contributed by atoms with Gasteiger partial charge in [0.15, 0.2) is 6.20 Å². The first-order chi connectivity index (χ1) is 10.7. The molecule has 3 rings (SSSR count). The van der Waals surface area contributed by atoms with Crippen molar-refractivity contribution in [2.75, 3.05) is 7.11 Å². The zero-order valence-electron chi connectivity index (χ0n) is 12.7. The van der Waals surface area contributed by atoms with Crippen molar-refractivity contribution < 1.29 is 14.1 Å². The number of aryl methyl sites for hydroxylation is 1. The lowest BCUT2D eigenvalue weighted by Crippen LogP contribution is -2.38. The van der Waals surface area contributed by atoms with Crippen LogP contribution in [0.25, 0.3) is 10.9 Å². The summed E-state index contributed by atoms with van der Waals surface area (Å²) in [6.45, 7) is 2.41. The smallest absolute Gasteiger partial charge is 0.227 e. The lowest BCUT2D eigenvalue weighted by molar-refractivity contribution is -0.657. The van der Waals surface area contributed by atoms with Crippen LogP contribution in [0.5, 0.6) is 5.75 Å². The van der Waals surface area contributed by atoms with Crippen molar-refractivity contribution in [3.05, 3.63) is 71.9 Å². The molecule has 0 spiro atoms. The van der Waals surface area contributed by atoms with Gasteiger partial charge in [0, 0.05) is 23.1 Å². The molecule has 0 saturated carbocycles. The van der Waals surface area contributed by atoms with Crippen molar-refractivity contribution >= 4 is 16.7 Å². The molecule has 0 bridgehead atoms. The van der Waals surface area contributed by atoms with Gasteiger partial charge < -0.3 is 4.74 Å². The molecule has 0 amide bonds. The Bertz CT molecular complexity index is 822. The lowest BCUT2D eigenvalue weighted by atomic mass is 10.1. The van der Waals surface area contributed by atoms with E-state index < -0.39 is 0 Å². The Balaban J connectivity index is 1.92. The summed E-state index contributed by atoms with van der Waals surface area (Å²) in [6.07, 6.45) is 1.97. The number of ether oxygens (including phenoxy) is 1. The van der Waals surface area contributed by atoms with Crippen molar-refractivity contribution in [1.82, 2.24) is 0 Å². The molecule has 2 aromatic carbocycles. The van der Waals surface area contributed by atoms with Crippen LogP contribution < -0.4 is 9.30 Å². The van der Waals surface area contributed by atoms with Crippen LogP contribution in [0.4, 0.5) is 0 Å². The Morgan fingerprint density at radius 2 is 1.77 bits per heavy atom. The molecule has 0 aliphatic carbocycles. The van der Waals surface area contributed by atoms with Crippen molar-refractivity contribution in [1.29, 1.82) is 0 Å². The van der Waals surface area contributed by atoms with Crippen molar-refractivity contribution in [2.45, 2.75) is 13.5 Å². The van der Waals surface area contributed by atoms with Crippen molar-refractivity contribution in [2.24, 2.45) is 0 Å². The van der Waals surface area contributed by atoms with Gasteiger partial charge in [0.1, 0.15) is 5.75 Å². The zero-order valence-corrected chi connectivity index (χ0v) is 12.7. The van der Waals surface area contributed by atoms with Crippen LogP contribution in [-0.2, 0) is 6.54 Å². The third kappa shape index (κ3) is 2.70. The van der Waals surface area contributed by atoms with Gasteiger partial charge in [-0.1, -0.05) is 12.1 Å². The third-order valence-electron chi connectivity index (χ3n) is 3.87. The van der Waals surface area contributed by atoms with Gasteiger partial charge in [0.05, 0.1) is 7.11 Å². The molecule has 110 valence electrons. The first-order valence-corrected chi connectivity index (χ1v) is 7.24. The summed E-state index contributed by atoms with van der Waals surface area (Å²) in [6, 6.07) is 17.4. The van der Waals surface area contributed by atoms with Gasteiger partial charge in [-0.05, 0) is 42.8 Å². The first-order valence-electron chi connectivity index (χ1n) is 7.24. The second kappa shape index (κ2) is 5.98. The quantitative estimate of drug-likeness (QED) is 0.545. The maximum absolute atomic E-state index is 12.5. The maximum Gasteiger partial charge on any atom is 0.227 e. The van der Waals surface area contributed by atoms with E-state index in [9.17, 15) is 4.79 Å². The highest BCUT2D eigenvalue weighted by atomic mass is 16.5. The first kappa shape index (κ1) is 14.3. The van der Waals surface area contributed by atoms with Crippen LogP contribution in [0.15, 0.2) is 60.8 Å². The molecule has 0 atom stereocenters. The van der Waals surface area contributed by atoms with Gasteiger partial charge in [0.2, 0.25) is 17.8 Å². The van der Waals surface area contributed by atoms with E-state index in [-0.39, 0.29) is 5.78 Å². The summed E-state index contributed by atoms with van der Waals surface area (Å²) >= 11 is 0. The molecule has 3 nitrogen and oxygen atoms in total. The minimum atomic E-state index is 0.0849. The fourth-order valence-electron chi connectivity index (χ4n) is 2.59. The summed E-state index contributed by atoms with van der Waals surface area (Å²) in [5.41, 5.74) is 2.98. The number of benzene rings is 2. The van der Waals surface area contributed by atoms with Crippen LogP contribution in [0, 0.1) is 6.92 Å². The predicted octanol–water partition coefficient (Wildman–Crippen LogP) is 3.33. The van der Waals surface area contributed by atoms with Gasteiger partial charge >= 0.3 is 0 Å². The highest BCUT2D eigenvalue weighted by Crippen LogP contribution is 2.15. The summed E-state index contributed by atoms with van der Waals surface area (Å²) in [5, 5.41) is 1.17. The van der Waals surface area contributed by atoms with Crippen LogP contribution >= 0.6 is 0 Å². The second-order valence-corrected chi connectivity index (χ2v) is 5.30. The zero-order chi connectivity index (χ0) is 15.5. The van der Waals surface area contributed by atoms with Crippen LogP contribution in [0.2, 0.25) is 0 Å². The largest absolute Gasteiger partial charge is 0.497 e. The van der Waals surface area contributed by atoms with Crippen LogP contribution in [-0.4, -0.2) is 12.9 Å². The van der Waals surface area contributed by atoms with Gasteiger partial charge in [0.25, 0.3) is 0 Å². The van der Waals surface area contributed by atoms with Crippen LogP contribution in [0.3, 0.4) is 0 Å². The number of carbonyl (C=O) groups excluding carboxylic acids is 1. The van der Waals surface area contributed by atoms with Gasteiger partial charge in [-0.15, -0.1) is 0 Å². The monoisotopic (exact) mass is 292 g/mol. The molecule has 1 aromatic heterocycles. The average molecular weight is 292 g/mol. The Morgan fingerprint density at radius 1 is 1.05 bits per heavy atom. The number of Topliss-reactive ketones (excluding diaryl/α,β-unsaturated/α-hetero) is 1. The minimum absolute atomic E-state index is 0.0849. The molecule has 0 aliphatic rings. The molecule has 0 aliphatic heterocycles. The van der Waals surface area contributed by atoms with Gasteiger partial charge in [-0.2, -0.15) is 4.57 Å². The van der Waals surface area contributed by atoms with E-state index in [0.717, 1.165) is 11.3 Å². The Morgan fingerprint density at radius 3 is 2.50 bits per heavy atom. The summed E-state index contributed by atoms with van der Waals surface area (Å²) in [7, 11) is 1.62. The lowest BCUT2D eigenvalue weighted by Gasteiger charge is -2.04. The number of carbonyl (C=O) groups is 1. The number of methoxy groups -OCH3 is 1. The van der Waals surface area contributed by atoms with Gasteiger partial charge in [-0.25, -0.2) is 0 Å². The molecule has 22 heavy (non-hydrogen) atoms. The van der Waals surface area contributed by atoms with E-state index in [0.29, 0.717) is 12.1 Å². The standard InChI is InChI=1S/C19H18NO2/c1-14-11-12-20(18-6-4-3-5-17(14)18)13-19(21)15-7-9-16(22-2)10-8-15/h3-12H,13H2,1-2H3/q+1. The second-order valence-electron chi connectivity index (χ2n) is 5.30. The number of ketones is 1. The SMILES string of the molecule is COc1ccc(C(=O)C[n+]2ccc(C)c3ccccc32)cc1. The topological polar surface area (TPSA) is 30.2 Å². The number of fused-ring (bicyclic) bond motifs is 1. The van der Waals surface area contributed by atoms with Crippen molar-refractivity contribution in [3.63, 3.8) is 0 Å². The molecular weight excluding hydrogens is 274 g/mol. The summed E-state index contributed by atoms with van der Waals surface area (Å²) in [5.74, 6) is 0.839. The number of rotatable bonds is 4. The molecule has 0 saturated heterocycles. The molecule has 0 radical (unpaired) electrons. The Kier molecular flexibility index (Phi) is 3.88. The van der Waals surface area contributed by atoms with E-state index in [1.165, 1.54) is 10.9 Å². The number of hydrogen-bond acceptors (Lipinski definition) is 2. The number of pyridine rings is 1. The number of aromatic nitrogens is 1. The fourth-order valence-corrected chi connectivity index (χ4v) is 2.59. The molecule has 0 unspecified atom stereocenters. The third-order valence-corrected chi connectivity index (χ3v) is 3.87. The molecule has 3 heteroatoms. The Hall–Kier alpha value is -2.68. The van der Waals surface area contributed by atoms with E-state index in [1.807, 2.05) is 47.2 Å². The molecule has 0 fully saturated rings. The predicted molar refractivity (Wildman–Crippen MR) is 86.2 cm³/mol. The van der Waals surface area contributed by atoms with E-state index >= 15 is 0 Å². The maximum atomic E-state index is 12.5. The molecule has 1 heterocycles. The highest BCUT2D eigenvalue weighted by Gasteiger charge is 2.16. The highest BCUT2D eigenvalue weighted by molar-refractivity contribution is 5.95. The van der Waals surface area contributed by atoms with Crippen LogP contribution in [0.1, 0.15) is 15.9 Å². The van der Waals surface area contributed by atoms with E-state index in [1.54, 1.807) is 19.2 Å². The number of nitrogens with zero attached hydrogens (tertiary/aromatic N) is 1. The van der Waals surface area contributed by atoms with E-state index in [4.69, 9.17) is 4.74 Å². The fraction of sp³-hybridized carbons (Fsp3) is 0.158. The number of hydrogen-bond donors (Lipinski definition) is 0. The average Bonchev–Trinajstić information content (AvgIpc) is 2.57. The minimum Gasteiger partial charge on any atom is -0.497 e. The number of para-hydroxylation sites is 1. The molecular formula is C19H18NO2+. The summed E-state index contributed by atoms with van der Waals surface area (Å²) in [4.78, 5) is 12.5. The van der Waals surface area contributed by atoms with Crippen molar-refractivity contribution in [3.8, 4) is 5.75 Å². The molecule has 3 aromatic rings. The normalized spacial score (nSPS) is 10.6. The summed E-state index contributed by atoms with van der Waals surface area (Å²) < 4.78 is 7.12. The van der Waals surface area contributed by atoms with Gasteiger partial charge in [-0.3, -0.25) is 4.79 Å². The van der Waals surface area contributed by atoms with E-state index in [2.05, 4.69) is 13.0 Å².